The molecule has 27 heavy (non-hydrogen) atoms. The SMILES string of the molecule is CCNC(=NCC(C)(O)c1ccccc1)NCCS(=O)c1ccccc1.I. The highest BCUT2D eigenvalue weighted by Crippen LogP contribution is 2.20. The minimum Gasteiger partial charge on any atom is -0.384 e. The van der Waals surface area contributed by atoms with Gasteiger partial charge in [0.15, 0.2) is 5.96 Å². The Kier molecular flexibility index (Phi) is 10.6. The van der Waals surface area contributed by atoms with Gasteiger partial charge in [0.1, 0.15) is 5.60 Å². The van der Waals surface area contributed by atoms with Crippen LogP contribution in [0.4, 0.5) is 0 Å². The van der Waals surface area contributed by atoms with E-state index in [1.54, 1.807) is 6.92 Å². The Bertz CT molecular complexity index is 725. The van der Waals surface area contributed by atoms with E-state index in [2.05, 4.69) is 15.6 Å². The third-order valence-electron chi connectivity index (χ3n) is 3.87. The Morgan fingerprint density at radius 1 is 1.07 bits per heavy atom. The number of benzene rings is 2. The third kappa shape index (κ3) is 7.98. The first-order valence-corrected chi connectivity index (χ1v) is 10.1. The van der Waals surface area contributed by atoms with Crippen LogP contribution in [0, 0.1) is 0 Å². The smallest absolute Gasteiger partial charge is 0.191 e. The molecule has 0 saturated heterocycles. The standard InChI is InChI=1S/C20H27N3O2S.HI/c1-3-21-19(22-14-15-26(25)18-12-8-5-9-13-18)23-16-20(2,24)17-10-6-4-7-11-17;/h4-13,24H,3,14-16H2,1-2H3,(H2,21,22,23);1H. The summed E-state index contributed by atoms with van der Waals surface area (Å²) in [6.07, 6.45) is 0. The van der Waals surface area contributed by atoms with Crippen LogP contribution in [0.25, 0.3) is 0 Å². The van der Waals surface area contributed by atoms with Crippen LogP contribution < -0.4 is 10.6 Å². The van der Waals surface area contributed by atoms with E-state index in [4.69, 9.17) is 0 Å². The van der Waals surface area contributed by atoms with Crippen molar-refractivity contribution in [1.29, 1.82) is 0 Å². The van der Waals surface area contributed by atoms with Gasteiger partial charge >= 0.3 is 0 Å². The van der Waals surface area contributed by atoms with Crippen molar-refractivity contribution in [3.8, 4) is 0 Å². The number of halogens is 1. The molecular weight excluding hydrogens is 473 g/mol. The summed E-state index contributed by atoms with van der Waals surface area (Å²) in [5.74, 6) is 1.09. The van der Waals surface area contributed by atoms with Gasteiger partial charge in [-0.05, 0) is 31.5 Å². The Morgan fingerprint density at radius 2 is 1.67 bits per heavy atom. The summed E-state index contributed by atoms with van der Waals surface area (Å²) in [5.41, 5.74) is -0.221. The molecule has 0 heterocycles. The topological polar surface area (TPSA) is 73.7 Å². The van der Waals surface area contributed by atoms with E-state index in [0.717, 1.165) is 10.5 Å². The Labute approximate surface area is 181 Å². The molecule has 0 radical (unpaired) electrons. The molecule has 0 bridgehead atoms. The fourth-order valence-corrected chi connectivity index (χ4v) is 3.40. The number of guanidine groups is 1. The summed E-state index contributed by atoms with van der Waals surface area (Å²) in [7, 11) is -1.05. The van der Waals surface area contributed by atoms with Gasteiger partial charge in [-0.15, -0.1) is 24.0 Å². The Morgan fingerprint density at radius 3 is 2.26 bits per heavy atom. The maximum atomic E-state index is 12.3. The van der Waals surface area contributed by atoms with Crippen LogP contribution in [0.1, 0.15) is 19.4 Å². The average Bonchev–Trinajstić information content (AvgIpc) is 2.67. The highest BCUT2D eigenvalue weighted by molar-refractivity contribution is 14.0. The predicted octanol–water partition coefficient (Wildman–Crippen LogP) is 2.88. The molecule has 7 heteroatoms. The molecule has 0 aliphatic rings. The van der Waals surface area contributed by atoms with E-state index in [9.17, 15) is 9.32 Å². The zero-order valence-electron chi connectivity index (χ0n) is 15.7. The number of hydrogen-bond donors (Lipinski definition) is 3. The van der Waals surface area contributed by atoms with Gasteiger partial charge in [-0.1, -0.05) is 48.5 Å². The second-order valence-electron chi connectivity index (χ2n) is 6.12. The summed E-state index contributed by atoms with van der Waals surface area (Å²) in [6.45, 7) is 5.20. The number of aliphatic imine (C=N–C) groups is 1. The Hall–Kier alpha value is -1.45. The molecule has 0 spiro atoms. The van der Waals surface area contributed by atoms with Crippen molar-refractivity contribution in [3.05, 3.63) is 66.2 Å². The monoisotopic (exact) mass is 501 g/mol. The quantitative estimate of drug-likeness (QED) is 0.296. The number of nitrogens with one attached hydrogen (secondary N) is 2. The van der Waals surface area contributed by atoms with Crippen LogP contribution in [0.3, 0.4) is 0 Å². The van der Waals surface area contributed by atoms with Crippen LogP contribution in [0.2, 0.25) is 0 Å². The zero-order chi connectivity index (χ0) is 18.8. The average molecular weight is 501 g/mol. The van der Waals surface area contributed by atoms with Crippen molar-refractivity contribution in [3.63, 3.8) is 0 Å². The van der Waals surface area contributed by atoms with Gasteiger partial charge in [0, 0.05) is 23.7 Å². The second-order valence-corrected chi connectivity index (χ2v) is 7.70. The van der Waals surface area contributed by atoms with E-state index in [1.807, 2.05) is 67.6 Å². The molecule has 2 unspecified atom stereocenters. The molecule has 0 fully saturated rings. The van der Waals surface area contributed by atoms with Gasteiger partial charge < -0.3 is 15.7 Å². The summed E-state index contributed by atoms with van der Waals surface area (Å²) in [5, 5.41) is 17.0. The maximum absolute atomic E-state index is 12.3. The van der Waals surface area contributed by atoms with Gasteiger partial charge in [0.05, 0.1) is 17.3 Å². The van der Waals surface area contributed by atoms with Crippen molar-refractivity contribution in [2.45, 2.75) is 24.3 Å². The van der Waals surface area contributed by atoms with Gasteiger partial charge in [0.2, 0.25) is 0 Å². The molecule has 2 aromatic carbocycles. The van der Waals surface area contributed by atoms with Crippen LogP contribution in [0.5, 0.6) is 0 Å². The number of nitrogens with zero attached hydrogens (tertiary/aromatic N) is 1. The predicted molar refractivity (Wildman–Crippen MR) is 123 cm³/mol. The summed E-state index contributed by atoms with van der Waals surface area (Å²) in [6, 6.07) is 18.9. The molecule has 2 aromatic rings. The van der Waals surface area contributed by atoms with Crippen molar-refractivity contribution in [2.24, 2.45) is 4.99 Å². The van der Waals surface area contributed by atoms with Crippen molar-refractivity contribution < 1.29 is 9.32 Å². The molecule has 2 atom stereocenters. The molecule has 0 aliphatic carbocycles. The maximum Gasteiger partial charge on any atom is 0.191 e. The van der Waals surface area contributed by atoms with Gasteiger partial charge in [-0.2, -0.15) is 0 Å². The van der Waals surface area contributed by atoms with Crippen LogP contribution in [-0.2, 0) is 16.4 Å². The van der Waals surface area contributed by atoms with Crippen LogP contribution in [-0.4, -0.2) is 40.7 Å². The van der Waals surface area contributed by atoms with Crippen molar-refractivity contribution >= 4 is 40.7 Å². The molecule has 0 amide bonds. The minimum atomic E-state index is -1.05. The highest BCUT2D eigenvalue weighted by Gasteiger charge is 2.22. The first-order valence-electron chi connectivity index (χ1n) is 8.76. The lowest BCUT2D eigenvalue weighted by Crippen LogP contribution is -2.40. The lowest BCUT2D eigenvalue weighted by atomic mass is 9.96. The van der Waals surface area contributed by atoms with Gasteiger partial charge in [-0.3, -0.25) is 4.21 Å². The van der Waals surface area contributed by atoms with Crippen molar-refractivity contribution in [1.82, 2.24) is 10.6 Å². The Balaban J connectivity index is 0.00000364. The fraction of sp³-hybridized carbons (Fsp3) is 0.350. The normalized spacial score (nSPS) is 14.6. The van der Waals surface area contributed by atoms with Gasteiger partial charge in [0.25, 0.3) is 0 Å². The lowest BCUT2D eigenvalue weighted by molar-refractivity contribution is 0.0672. The minimum absolute atomic E-state index is 0. The summed E-state index contributed by atoms with van der Waals surface area (Å²) in [4.78, 5) is 5.30. The number of aliphatic hydroxyl groups is 1. The molecule has 5 nitrogen and oxygen atoms in total. The molecule has 0 aliphatic heterocycles. The first kappa shape index (κ1) is 23.6. The van der Waals surface area contributed by atoms with E-state index < -0.39 is 16.4 Å². The lowest BCUT2D eigenvalue weighted by Gasteiger charge is -2.22. The van der Waals surface area contributed by atoms with E-state index in [-0.39, 0.29) is 30.5 Å². The highest BCUT2D eigenvalue weighted by atomic mass is 127. The molecule has 0 saturated carbocycles. The number of rotatable bonds is 8. The molecule has 0 aromatic heterocycles. The summed E-state index contributed by atoms with van der Waals surface area (Å²) < 4.78 is 12.3. The van der Waals surface area contributed by atoms with Crippen LogP contribution in [0.15, 0.2) is 70.6 Å². The van der Waals surface area contributed by atoms with E-state index in [1.165, 1.54) is 0 Å². The van der Waals surface area contributed by atoms with Crippen molar-refractivity contribution in [2.75, 3.05) is 25.4 Å². The van der Waals surface area contributed by atoms with E-state index >= 15 is 0 Å². The second kappa shape index (κ2) is 12.1. The zero-order valence-corrected chi connectivity index (χ0v) is 18.9. The number of hydrogen-bond acceptors (Lipinski definition) is 3. The summed E-state index contributed by atoms with van der Waals surface area (Å²) >= 11 is 0. The molecule has 148 valence electrons. The van der Waals surface area contributed by atoms with E-state index in [0.29, 0.717) is 24.8 Å². The molecule has 2 rings (SSSR count). The molecule has 3 N–H and O–H groups in total. The largest absolute Gasteiger partial charge is 0.384 e. The fourth-order valence-electron chi connectivity index (χ4n) is 2.42. The van der Waals surface area contributed by atoms with Gasteiger partial charge in [-0.25, -0.2) is 4.99 Å². The van der Waals surface area contributed by atoms with Crippen LogP contribution >= 0.6 is 24.0 Å². The first-order chi connectivity index (χ1) is 12.5. The molecular formula is C20H28IN3O2S. The third-order valence-corrected chi connectivity index (χ3v) is 5.24.